The van der Waals surface area contributed by atoms with Crippen LogP contribution in [0, 0.1) is 0 Å². The van der Waals surface area contributed by atoms with Crippen molar-refractivity contribution in [3.8, 4) is 0 Å². The molecule has 1 unspecified atom stereocenters. The number of hydrogen-bond acceptors (Lipinski definition) is 0. The molecule has 0 N–H and O–H groups in total. The minimum atomic E-state index is 0.539. The Morgan fingerprint density at radius 1 is 0.889 bits per heavy atom. The molecule has 0 bridgehead atoms. The maximum atomic E-state index is 5.93. The van der Waals surface area contributed by atoms with Gasteiger partial charge in [-0.3, -0.25) is 0 Å². The van der Waals surface area contributed by atoms with Gasteiger partial charge in [0.15, 0.2) is 0 Å². The Hall–Kier alpha value is -1.53. The highest BCUT2D eigenvalue weighted by Crippen LogP contribution is 2.37. The molecule has 0 radical (unpaired) electrons. The Morgan fingerprint density at radius 3 is 2.33 bits per heavy atom. The van der Waals surface area contributed by atoms with Crippen LogP contribution in [0.15, 0.2) is 60.7 Å². The highest BCUT2D eigenvalue weighted by molar-refractivity contribution is 6.30. The second kappa shape index (κ2) is 4.99. The molecule has 1 aliphatic carbocycles. The summed E-state index contributed by atoms with van der Waals surface area (Å²) >= 11 is 5.93. The van der Waals surface area contributed by atoms with E-state index in [1.807, 2.05) is 12.1 Å². The predicted octanol–water partition coefficient (Wildman–Crippen LogP) is 5.30. The third kappa shape index (κ3) is 2.34. The maximum absolute atomic E-state index is 5.93. The summed E-state index contributed by atoms with van der Waals surface area (Å²) in [5.41, 5.74) is 4.19. The Labute approximate surface area is 113 Å². The first-order valence-electron chi connectivity index (χ1n) is 6.34. The molecule has 90 valence electrons. The van der Waals surface area contributed by atoms with E-state index in [4.69, 9.17) is 11.6 Å². The lowest BCUT2D eigenvalue weighted by Gasteiger charge is -2.06. The molecular weight excluding hydrogens is 240 g/mol. The average molecular weight is 255 g/mol. The van der Waals surface area contributed by atoms with Crippen LogP contribution in [-0.2, 0) is 0 Å². The Balaban J connectivity index is 1.85. The van der Waals surface area contributed by atoms with Gasteiger partial charge in [0.05, 0.1) is 0 Å². The van der Waals surface area contributed by atoms with Crippen LogP contribution in [0.1, 0.15) is 29.9 Å². The first-order chi connectivity index (χ1) is 8.83. The summed E-state index contributed by atoms with van der Waals surface area (Å²) in [6.45, 7) is 0. The minimum absolute atomic E-state index is 0.539. The van der Waals surface area contributed by atoms with Crippen LogP contribution in [-0.4, -0.2) is 0 Å². The zero-order valence-corrected chi connectivity index (χ0v) is 10.9. The highest BCUT2D eigenvalue weighted by atomic mass is 35.5. The highest BCUT2D eigenvalue weighted by Gasteiger charge is 2.18. The number of hydrogen-bond donors (Lipinski definition) is 0. The fraction of sp³-hybridized carbons (Fsp3) is 0.176. The SMILES string of the molecule is Clc1ccc(C2C=C(c3ccccc3)CC2)cc1. The molecule has 1 heteroatoms. The van der Waals surface area contributed by atoms with Crippen molar-refractivity contribution in [2.45, 2.75) is 18.8 Å². The Kier molecular flexibility index (Phi) is 3.21. The Bertz CT molecular complexity index is 552. The second-order valence-corrected chi connectivity index (χ2v) is 5.19. The number of benzene rings is 2. The summed E-state index contributed by atoms with van der Waals surface area (Å²) in [4.78, 5) is 0. The second-order valence-electron chi connectivity index (χ2n) is 4.75. The monoisotopic (exact) mass is 254 g/mol. The van der Waals surface area contributed by atoms with Gasteiger partial charge in [-0.1, -0.05) is 60.1 Å². The first kappa shape index (κ1) is 11.6. The molecule has 2 aromatic rings. The lowest BCUT2D eigenvalue weighted by molar-refractivity contribution is 0.803. The zero-order chi connectivity index (χ0) is 12.4. The third-order valence-corrected chi connectivity index (χ3v) is 3.82. The lowest BCUT2D eigenvalue weighted by atomic mass is 9.99. The van der Waals surface area contributed by atoms with Crippen LogP contribution in [0.2, 0.25) is 5.02 Å². The molecule has 0 nitrogen and oxygen atoms in total. The largest absolute Gasteiger partial charge is 0.0843 e. The molecule has 2 aromatic carbocycles. The van der Waals surface area contributed by atoms with Crippen molar-refractivity contribution in [1.29, 1.82) is 0 Å². The fourth-order valence-corrected chi connectivity index (χ4v) is 2.71. The first-order valence-corrected chi connectivity index (χ1v) is 6.72. The van der Waals surface area contributed by atoms with Gasteiger partial charge in [0.25, 0.3) is 0 Å². The molecule has 0 saturated heterocycles. The van der Waals surface area contributed by atoms with Crippen LogP contribution in [0.5, 0.6) is 0 Å². The quantitative estimate of drug-likeness (QED) is 0.682. The van der Waals surface area contributed by atoms with Crippen LogP contribution >= 0.6 is 11.6 Å². The van der Waals surface area contributed by atoms with Gasteiger partial charge in [0.1, 0.15) is 0 Å². The summed E-state index contributed by atoms with van der Waals surface area (Å²) in [5, 5.41) is 0.809. The molecule has 1 aliphatic rings. The van der Waals surface area contributed by atoms with E-state index in [1.54, 1.807) is 0 Å². The lowest BCUT2D eigenvalue weighted by Crippen LogP contribution is -1.89. The zero-order valence-electron chi connectivity index (χ0n) is 10.1. The standard InChI is InChI=1S/C17H15Cl/c18-17-10-8-14(9-11-17)16-7-6-15(12-16)13-4-2-1-3-5-13/h1-5,8-12,16H,6-7H2. The summed E-state index contributed by atoms with van der Waals surface area (Å²) in [5.74, 6) is 0.539. The molecule has 0 aromatic heterocycles. The van der Waals surface area contributed by atoms with Crippen LogP contribution in [0.4, 0.5) is 0 Å². The van der Waals surface area contributed by atoms with E-state index in [2.05, 4.69) is 48.5 Å². The predicted molar refractivity (Wildman–Crippen MR) is 77.8 cm³/mol. The topological polar surface area (TPSA) is 0 Å². The molecule has 0 amide bonds. The summed E-state index contributed by atoms with van der Waals surface area (Å²) in [6, 6.07) is 18.9. The van der Waals surface area contributed by atoms with Gasteiger partial charge < -0.3 is 0 Å². The van der Waals surface area contributed by atoms with E-state index in [9.17, 15) is 0 Å². The van der Waals surface area contributed by atoms with E-state index in [-0.39, 0.29) is 0 Å². The van der Waals surface area contributed by atoms with Gasteiger partial charge in [-0.05, 0) is 41.7 Å². The van der Waals surface area contributed by atoms with Gasteiger partial charge in [-0.15, -0.1) is 0 Å². The minimum Gasteiger partial charge on any atom is -0.0843 e. The molecule has 0 spiro atoms. The van der Waals surface area contributed by atoms with E-state index >= 15 is 0 Å². The summed E-state index contributed by atoms with van der Waals surface area (Å²) < 4.78 is 0. The van der Waals surface area contributed by atoms with Gasteiger partial charge in [0, 0.05) is 10.9 Å². The molecule has 0 heterocycles. The number of rotatable bonds is 2. The summed E-state index contributed by atoms with van der Waals surface area (Å²) in [7, 11) is 0. The summed E-state index contributed by atoms with van der Waals surface area (Å²) in [6.07, 6.45) is 4.77. The van der Waals surface area contributed by atoms with Crippen molar-refractivity contribution >= 4 is 17.2 Å². The van der Waals surface area contributed by atoms with Crippen molar-refractivity contribution < 1.29 is 0 Å². The Morgan fingerprint density at radius 2 is 1.61 bits per heavy atom. The molecule has 3 rings (SSSR count). The molecule has 1 atom stereocenters. The van der Waals surface area contributed by atoms with Crippen molar-refractivity contribution in [1.82, 2.24) is 0 Å². The van der Waals surface area contributed by atoms with Crippen molar-refractivity contribution in [2.24, 2.45) is 0 Å². The van der Waals surface area contributed by atoms with Gasteiger partial charge in [-0.25, -0.2) is 0 Å². The van der Waals surface area contributed by atoms with E-state index in [0.29, 0.717) is 5.92 Å². The van der Waals surface area contributed by atoms with Crippen LogP contribution in [0.25, 0.3) is 5.57 Å². The number of allylic oxidation sites excluding steroid dienone is 2. The third-order valence-electron chi connectivity index (χ3n) is 3.57. The molecule has 18 heavy (non-hydrogen) atoms. The van der Waals surface area contributed by atoms with Crippen LogP contribution < -0.4 is 0 Å². The van der Waals surface area contributed by atoms with E-state index in [1.165, 1.54) is 23.1 Å². The van der Waals surface area contributed by atoms with Gasteiger partial charge in [0.2, 0.25) is 0 Å². The van der Waals surface area contributed by atoms with Crippen molar-refractivity contribution in [2.75, 3.05) is 0 Å². The maximum Gasteiger partial charge on any atom is 0.0406 e. The van der Waals surface area contributed by atoms with E-state index < -0.39 is 0 Å². The van der Waals surface area contributed by atoms with E-state index in [0.717, 1.165) is 11.4 Å². The molecule has 0 saturated carbocycles. The van der Waals surface area contributed by atoms with Crippen LogP contribution in [0.3, 0.4) is 0 Å². The fourth-order valence-electron chi connectivity index (χ4n) is 2.59. The molecule has 0 aliphatic heterocycles. The average Bonchev–Trinajstić information content (AvgIpc) is 2.90. The number of halogens is 1. The molecular formula is C17H15Cl. The van der Waals surface area contributed by atoms with Gasteiger partial charge in [-0.2, -0.15) is 0 Å². The normalized spacial score (nSPS) is 18.7. The van der Waals surface area contributed by atoms with Gasteiger partial charge >= 0.3 is 0 Å². The molecule has 0 fully saturated rings. The smallest absolute Gasteiger partial charge is 0.0406 e. The van der Waals surface area contributed by atoms with Crippen molar-refractivity contribution in [3.63, 3.8) is 0 Å². The van der Waals surface area contributed by atoms with Crippen molar-refractivity contribution in [3.05, 3.63) is 76.8 Å².